The Bertz CT molecular complexity index is 291. The van der Waals surface area contributed by atoms with Gasteiger partial charge in [0.05, 0.1) is 6.10 Å². The zero-order chi connectivity index (χ0) is 9.84. The number of aliphatic hydroxyl groups is 1. The molecule has 13 heavy (non-hydrogen) atoms. The SMILES string of the molecule is Cc1cc(NC[C@@H](C)O)nnc1Cl. The van der Waals surface area contributed by atoms with Gasteiger partial charge in [-0.25, -0.2) is 0 Å². The second-order valence-electron chi connectivity index (χ2n) is 2.93. The van der Waals surface area contributed by atoms with E-state index in [-0.39, 0.29) is 0 Å². The second-order valence-corrected chi connectivity index (χ2v) is 3.29. The molecule has 0 saturated carbocycles. The maximum atomic E-state index is 9.00. The summed E-state index contributed by atoms with van der Waals surface area (Å²) in [6, 6.07) is 1.79. The third-order valence-corrected chi connectivity index (χ3v) is 1.88. The zero-order valence-corrected chi connectivity index (χ0v) is 8.34. The fraction of sp³-hybridized carbons (Fsp3) is 0.500. The normalized spacial score (nSPS) is 12.6. The number of rotatable bonds is 3. The molecule has 0 saturated heterocycles. The van der Waals surface area contributed by atoms with E-state index in [4.69, 9.17) is 16.7 Å². The van der Waals surface area contributed by atoms with Gasteiger partial charge in [-0.05, 0) is 25.5 Å². The molecule has 0 bridgehead atoms. The van der Waals surface area contributed by atoms with Gasteiger partial charge in [0.25, 0.3) is 0 Å². The van der Waals surface area contributed by atoms with E-state index in [0.717, 1.165) is 5.56 Å². The Morgan fingerprint density at radius 2 is 2.31 bits per heavy atom. The summed E-state index contributed by atoms with van der Waals surface area (Å²) < 4.78 is 0. The lowest BCUT2D eigenvalue weighted by molar-refractivity contribution is 0.208. The van der Waals surface area contributed by atoms with Crippen molar-refractivity contribution in [1.29, 1.82) is 0 Å². The summed E-state index contributed by atoms with van der Waals surface area (Å²) in [6.45, 7) is 4.00. The molecule has 0 unspecified atom stereocenters. The largest absolute Gasteiger partial charge is 0.392 e. The lowest BCUT2D eigenvalue weighted by Crippen LogP contribution is -2.16. The molecule has 1 aromatic rings. The van der Waals surface area contributed by atoms with Crippen LogP contribution in [0, 0.1) is 6.92 Å². The molecule has 2 N–H and O–H groups in total. The van der Waals surface area contributed by atoms with Gasteiger partial charge in [-0.3, -0.25) is 0 Å². The van der Waals surface area contributed by atoms with Gasteiger partial charge in [0.15, 0.2) is 5.15 Å². The molecule has 72 valence electrons. The van der Waals surface area contributed by atoms with Crippen molar-refractivity contribution in [1.82, 2.24) is 10.2 Å². The molecular weight excluding hydrogens is 190 g/mol. The molecular formula is C8H12ClN3O. The van der Waals surface area contributed by atoms with Gasteiger partial charge in [0, 0.05) is 6.54 Å². The van der Waals surface area contributed by atoms with Crippen LogP contribution in [0.5, 0.6) is 0 Å². The van der Waals surface area contributed by atoms with E-state index in [1.54, 1.807) is 13.0 Å². The molecule has 4 nitrogen and oxygen atoms in total. The molecule has 0 amide bonds. The first kappa shape index (κ1) is 10.2. The number of aromatic nitrogens is 2. The van der Waals surface area contributed by atoms with Crippen LogP contribution < -0.4 is 5.32 Å². The van der Waals surface area contributed by atoms with Crippen molar-refractivity contribution in [3.05, 3.63) is 16.8 Å². The molecule has 1 rings (SSSR count). The standard InChI is InChI=1S/C8H12ClN3O/c1-5-3-7(10-4-6(2)13)11-12-8(5)9/h3,6,13H,4H2,1-2H3,(H,10,11)/t6-/m1/s1. The number of hydrogen-bond donors (Lipinski definition) is 2. The highest BCUT2D eigenvalue weighted by Crippen LogP contribution is 2.12. The van der Waals surface area contributed by atoms with Gasteiger partial charge in [0.1, 0.15) is 5.82 Å². The lowest BCUT2D eigenvalue weighted by Gasteiger charge is -2.07. The molecule has 5 heteroatoms. The summed E-state index contributed by atoms with van der Waals surface area (Å²) in [4.78, 5) is 0. The van der Waals surface area contributed by atoms with Crippen LogP contribution in [-0.4, -0.2) is 28.0 Å². The zero-order valence-electron chi connectivity index (χ0n) is 7.58. The minimum absolute atomic E-state index is 0.405. The lowest BCUT2D eigenvalue weighted by atomic mass is 10.3. The highest BCUT2D eigenvalue weighted by molar-refractivity contribution is 6.30. The number of anilines is 1. The van der Waals surface area contributed by atoms with E-state index in [2.05, 4.69) is 15.5 Å². The van der Waals surface area contributed by atoms with Crippen molar-refractivity contribution < 1.29 is 5.11 Å². The van der Waals surface area contributed by atoms with Crippen LogP contribution in [-0.2, 0) is 0 Å². The van der Waals surface area contributed by atoms with Crippen LogP contribution in [0.4, 0.5) is 5.82 Å². The fourth-order valence-electron chi connectivity index (χ4n) is 0.809. The van der Waals surface area contributed by atoms with Crippen LogP contribution in [0.25, 0.3) is 0 Å². The third-order valence-electron chi connectivity index (χ3n) is 1.50. The van der Waals surface area contributed by atoms with E-state index in [0.29, 0.717) is 17.5 Å². The van der Waals surface area contributed by atoms with E-state index in [1.165, 1.54) is 0 Å². The molecule has 0 spiro atoms. The van der Waals surface area contributed by atoms with Crippen molar-refractivity contribution >= 4 is 17.4 Å². The van der Waals surface area contributed by atoms with Crippen LogP contribution in [0.1, 0.15) is 12.5 Å². The monoisotopic (exact) mass is 201 g/mol. The van der Waals surface area contributed by atoms with Gasteiger partial charge < -0.3 is 10.4 Å². The third kappa shape index (κ3) is 3.16. The molecule has 1 atom stereocenters. The van der Waals surface area contributed by atoms with Crippen LogP contribution in [0.15, 0.2) is 6.07 Å². The average Bonchev–Trinajstić information content (AvgIpc) is 2.07. The molecule has 0 aliphatic heterocycles. The van der Waals surface area contributed by atoms with E-state index < -0.39 is 6.10 Å². The fourth-order valence-corrected chi connectivity index (χ4v) is 0.901. The van der Waals surface area contributed by atoms with Crippen molar-refractivity contribution in [2.75, 3.05) is 11.9 Å². The molecule has 0 fully saturated rings. The highest BCUT2D eigenvalue weighted by Gasteiger charge is 2.01. The number of hydrogen-bond acceptors (Lipinski definition) is 4. The Hall–Kier alpha value is -0.870. The molecule has 0 aliphatic rings. The van der Waals surface area contributed by atoms with Crippen LogP contribution in [0.3, 0.4) is 0 Å². The first-order valence-electron chi connectivity index (χ1n) is 4.01. The molecule has 1 heterocycles. The minimum atomic E-state index is -0.405. The topological polar surface area (TPSA) is 58.0 Å². The maximum Gasteiger partial charge on any atom is 0.154 e. The van der Waals surface area contributed by atoms with E-state index in [9.17, 15) is 0 Å². The molecule has 0 aliphatic carbocycles. The van der Waals surface area contributed by atoms with Gasteiger partial charge in [-0.15, -0.1) is 10.2 Å². The van der Waals surface area contributed by atoms with Crippen LogP contribution in [0.2, 0.25) is 5.15 Å². The number of aliphatic hydroxyl groups excluding tert-OH is 1. The van der Waals surface area contributed by atoms with Crippen molar-refractivity contribution in [3.63, 3.8) is 0 Å². The summed E-state index contributed by atoms with van der Waals surface area (Å²) >= 11 is 5.69. The van der Waals surface area contributed by atoms with Crippen molar-refractivity contribution in [2.24, 2.45) is 0 Å². The Morgan fingerprint density at radius 1 is 1.62 bits per heavy atom. The summed E-state index contributed by atoms with van der Waals surface area (Å²) in [5, 5.41) is 19.9. The van der Waals surface area contributed by atoms with Gasteiger partial charge >= 0.3 is 0 Å². The Balaban J connectivity index is 2.63. The summed E-state index contributed by atoms with van der Waals surface area (Å²) in [7, 11) is 0. The predicted molar refractivity (Wildman–Crippen MR) is 51.9 cm³/mol. The second kappa shape index (κ2) is 4.39. The average molecular weight is 202 g/mol. The van der Waals surface area contributed by atoms with Crippen molar-refractivity contribution in [2.45, 2.75) is 20.0 Å². The number of aryl methyl sites for hydroxylation is 1. The maximum absolute atomic E-state index is 9.00. The Kier molecular flexibility index (Phi) is 3.45. The van der Waals surface area contributed by atoms with Gasteiger partial charge in [0.2, 0.25) is 0 Å². The first-order chi connectivity index (χ1) is 6.09. The Morgan fingerprint density at radius 3 is 2.85 bits per heavy atom. The number of nitrogens with zero attached hydrogens (tertiary/aromatic N) is 2. The number of halogens is 1. The predicted octanol–water partition coefficient (Wildman–Crippen LogP) is 1.23. The number of nitrogens with one attached hydrogen (secondary N) is 1. The molecule has 0 aromatic carbocycles. The first-order valence-corrected chi connectivity index (χ1v) is 4.39. The summed E-state index contributed by atoms with van der Waals surface area (Å²) in [5.74, 6) is 0.628. The Labute approximate surface area is 81.9 Å². The van der Waals surface area contributed by atoms with E-state index >= 15 is 0 Å². The van der Waals surface area contributed by atoms with Gasteiger partial charge in [-0.2, -0.15) is 0 Å². The minimum Gasteiger partial charge on any atom is -0.392 e. The molecule has 1 aromatic heterocycles. The van der Waals surface area contributed by atoms with Crippen LogP contribution >= 0.6 is 11.6 Å². The van der Waals surface area contributed by atoms with E-state index in [1.807, 2.05) is 6.92 Å². The smallest absolute Gasteiger partial charge is 0.154 e. The summed E-state index contributed by atoms with van der Waals surface area (Å²) in [5.41, 5.74) is 0.866. The highest BCUT2D eigenvalue weighted by atomic mass is 35.5. The van der Waals surface area contributed by atoms with Gasteiger partial charge in [-0.1, -0.05) is 11.6 Å². The van der Waals surface area contributed by atoms with Crippen molar-refractivity contribution in [3.8, 4) is 0 Å². The summed E-state index contributed by atoms with van der Waals surface area (Å²) in [6.07, 6.45) is -0.405. The molecule has 0 radical (unpaired) electrons. The quantitative estimate of drug-likeness (QED) is 0.773.